The van der Waals surface area contributed by atoms with Crippen molar-refractivity contribution in [1.29, 1.82) is 0 Å². The first-order valence-corrected chi connectivity index (χ1v) is 4.63. The molecule has 12 heavy (non-hydrogen) atoms. The minimum atomic E-state index is 0. The number of hydrogen-bond donors (Lipinski definition) is 2. The van der Waals surface area contributed by atoms with Crippen LogP contribution in [-0.4, -0.2) is 6.54 Å². The number of nitrogens with two attached hydrogens (primary N) is 2. The van der Waals surface area contributed by atoms with Gasteiger partial charge < -0.3 is 11.5 Å². The van der Waals surface area contributed by atoms with Crippen LogP contribution in [-0.2, 0) is 6.42 Å². The van der Waals surface area contributed by atoms with E-state index in [-0.39, 0.29) is 18.4 Å². The Hall–Kier alpha value is -0.0900. The lowest BCUT2D eigenvalue weighted by Gasteiger charge is -2.03. The van der Waals surface area contributed by atoms with Gasteiger partial charge in [0.05, 0.1) is 6.04 Å². The second kappa shape index (κ2) is 5.54. The molecule has 0 saturated carbocycles. The number of aryl methyl sites for hydroxylation is 1. The van der Waals surface area contributed by atoms with Gasteiger partial charge in [0, 0.05) is 16.3 Å². The fourth-order valence-electron chi connectivity index (χ4n) is 0.900. The maximum Gasteiger partial charge on any atom is 0.0514 e. The molecule has 1 atom stereocenters. The molecule has 0 aromatic carbocycles. The molecule has 0 bridgehead atoms. The van der Waals surface area contributed by atoms with Crippen LogP contribution in [0, 0.1) is 0 Å². The molecule has 1 rings (SSSR count). The molecule has 0 aliphatic heterocycles. The Labute approximate surface area is 83.4 Å². The normalized spacial score (nSPS) is 12.2. The van der Waals surface area contributed by atoms with Crippen molar-refractivity contribution in [3.8, 4) is 0 Å². The second-order valence-electron chi connectivity index (χ2n) is 2.50. The van der Waals surface area contributed by atoms with Crippen molar-refractivity contribution in [2.75, 3.05) is 6.54 Å². The summed E-state index contributed by atoms with van der Waals surface area (Å²) in [7, 11) is 0. The molecule has 0 unspecified atom stereocenters. The second-order valence-corrected chi connectivity index (χ2v) is 3.70. The van der Waals surface area contributed by atoms with Gasteiger partial charge in [-0.3, -0.25) is 0 Å². The van der Waals surface area contributed by atoms with Crippen molar-refractivity contribution in [2.24, 2.45) is 11.5 Å². The lowest BCUT2D eigenvalue weighted by molar-refractivity contribution is 0.752. The van der Waals surface area contributed by atoms with Crippen LogP contribution in [0.4, 0.5) is 0 Å². The van der Waals surface area contributed by atoms with Crippen LogP contribution < -0.4 is 11.5 Å². The Balaban J connectivity index is 0.00000121. The summed E-state index contributed by atoms with van der Waals surface area (Å²) in [6, 6.07) is 4.22. The molecule has 0 radical (unpaired) electrons. The van der Waals surface area contributed by atoms with E-state index in [1.807, 2.05) is 0 Å². The average molecular weight is 207 g/mol. The first-order valence-electron chi connectivity index (χ1n) is 3.82. The highest BCUT2D eigenvalue weighted by atomic mass is 35.5. The van der Waals surface area contributed by atoms with E-state index < -0.39 is 0 Å². The summed E-state index contributed by atoms with van der Waals surface area (Å²) in [5, 5.41) is 0. The average Bonchev–Trinajstić information content (AvgIpc) is 2.50. The van der Waals surface area contributed by atoms with Crippen LogP contribution in [0.25, 0.3) is 0 Å². The van der Waals surface area contributed by atoms with Crippen LogP contribution in [0.3, 0.4) is 0 Å². The minimum absolute atomic E-state index is 0. The van der Waals surface area contributed by atoms with Gasteiger partial charge in [0.1, 0.15) is 0 Å². The predicted molar refractivity (Wildman–Crippen MR) is 56.9 cm³/mol. The van der Waals surface area contributed by atoms with E-state index in [4.69, 9.17) is 11.5 Å². The van der Waals surface area contributed by atoms with Crippen molar-refractivity contribution in [3.05, 3.63) is 21.9 Å². The van der Waals surface area contributed by atoms with Gasteiger partial charge in [0.25, 0.3) is 0 Å². The highest BCUT2D eigenvalue weighted by molar-refractivity contribution is 7.12. The van der Waals surface area contributed by atoms with E-state index in [0.717, 1.165) is 6.42 Å². The molecule has 4 heteroatoms. The van der Waals surface area contributed by atoms with Crippen LogP contribution in [0.2, 0.25) is 0 Å². The highest BCUT2D eigenvalue weighted by Gasteiger charge is 2.05. The largest absolute Gasteiger partial charge is 0.329 e. The van der Waals surface area contributed by atoms with Gasteiger partial charge in [-0.15, -0.1) is 23.7 Å². The van der Waals surface area contributed by atoms with Crippen LogP contribution in [0.1, 0.15) is 22.7 Å². The molecule has 1 aromatic heterocycles. The van der Waals surface area contributed by atoms with Crippen molar-refractivity contribution in [1.82, 2.24) is 0 Å². The van der Waals surface area contributed by atoms with E-state index in [1.54, 1.807) is 11.3 Å². The maximum absolute atomic E-state index is 5.75. The Morgan fingerprint density at radius 2 is 2.17 bits per heavy atom. The summed E-state index contributed by atoms with van der Waals surface area (Å²) in [5.74, 6) is 0. The number of rotatable bonds is 3. The van der Waals surface area contributed by atoms with Gasteiger partial charge in [0.2, 0.25) is 0 Å². The zero-order chi connectivity index (χ0) is 8.27. The zero-order valence-electron chi connectivity index (χ0n) is 7.12. The first kappa shape index (κ1) is 11.9. The third-order valence-corrected chi connectivity index (χ3v) is 3.01. The topological polar surface area (TPSA) is 52.0 Å². The first-order chi connectivity index (χ1) is 5.27. The molecule has 1 heterocycles. The summed E-state index contributed by atoms with van der Waals surface area (Å²) < 4.78 is 0. The summed E-state index contributed by atoms with van der Waals surface area (Å²) >= 11 is 1.76. The number of hydrogen-bond acceptors (Lipinski definition) is 3. The molecular weight excluding hydrogens is 192 g/mol. The molecule has 1 aromatic rings. The van der Waals surface area contributed by atoms with Gasteiger partial charge in [0.15, 0.2) is 0 Å². The smallest absolute Gasteiger partial charge is 0.0514 e. The Morgan fingerprint density at radius 1 is 1.50 bits per heavy atom. The van der Waals surface area contributed by atoms with E-state index in [2.05, 4.69) is 19.1 Å². The lowest BCUT2D eigenvalue weighted by atomic mass is 10.2. The zero-order valence-corrected chi connectivity index (χ0v) is 8.75. The number of thiophene rings is 1. The monoisotopic (exact) mass is 206 g/mol. The van der Waals surface area contributed by atoms with E-state index >= 15 is 0 Å². The Morgan fingerprint density at radius 3 is 2.58 bits per heavy atom. The molecule has 0 aliphatic rings. The minimum Gasteiger partial charge on any atom is -0.329 e. The fourth-order valence-corrected chi connectivity index (χ4v) is 1.87. The standard InChI is InChI=1S/C8H14N2S.ClH/c1-2-6-3-4-8(11-6)7(10)5-9;/h3-4,7H,2,5,9-10H2,1H3;1H/t7-;/m0./s1. The van der Waals surface area contributed by atoms with Gasteiger partial charge in [-0.05, 0) is 18.6 Å². The van der Waals surface area contributed by atoms with E-state index in [1.165, 1.54) is 9.75 Å². The van der Waals surface area contributed by atoms with Crippen LogP contribution in [0.15, 0.2) is 12.1 Å². The fraction of sp³-hybridized carbons (Fsp3) is 0.500. The van der Waals surface area contributed by atoms with Crippen molar-refractivity contribution in [3.63, 3.8) is 0 Å². The third kappa shape index (κ3) is 2.75. The van der Waals surface area contributed by atoms with Gasteiger partial charge in [-0.2, -0.15) is 0 Å². The van der Waals surface area contributed by atoms with Crippen LogP contribution in [0.5, 0.6) is 0 Å². The van der Waals surface area contributed by atoms with Gasteiger partial charge in [-0.1, -0.05) is 6.92 Å². The maximum atomic E-state index is 5.75. The van der Waals surface area contributed by atoms with Gasteiger partial charge in [-0.25, -0.2) is 0 Å². The molecular formula is C8H15ClN2S. The van der Waals surface area contributed by atoms with Crippen LogP contribution >= 0.6 is 23.7 Å². The van der Waals surface area contributed by atoms with Crippen molar-refractivity contribution < 1.29 is 0 Å². The Kier molecular flexibility index (Phi) is 5.50. The molecule has 2 nitrogen and oxygen atoms in total. The van der Waals surface area contributed by atoms with Crippen molar-refractivity contribution in [2.45, 2.75) is 19.4 Å². The predicted octanol–water partition coefficient (Wildman–Crippen LogP) is 1.69. The summed E-state index contributed by atoms with van der Waals surface area (Å²) in [6.07, 6.45) is 1.09. The summed E-state index contributed by atoms with van der Waals surface area (Å²) in [4.78, 5) is 2.58. The molecule has 70 valence electrons. The van der Waals surface area contributed by atoms with E-state index in [9.17, 15) is 0 Å². The number of halogens is 1. The molecule has 0 spiro atoms. The summed E-state index contributed by atoms with van der Waals surface area (Å²) in [5.41, 5.74) is 11.2. The molecule has 0 fully saturated rings. The SMILES string of the molecule is CCc1ccc([C@@H](N)CN)s1.Cl. The summed E-state index contributed by atoms with van der Waals surface area (Å²) in [6.45, 7) is 2.67. The van der Waals surface area contributed by atoms with E-state index in [0.29, 0.717) is 6.54 Å². The molecule has 0 aliphatic carbocycles. The highest BCUT2D eigenvalue weighted by Crippen LogP contribution is 2.21. The molecule has 0 amide bonds. The Bertz CT molecular complexity index is 225. The quantitative estimate of drug-likeness (QED) is 0.791. The van der Waals surface area contributed by atoms with Crippen molar-refractivity contribution >= 4 is 23.7 Å². The molecule has 4 N–H and O–H groups in total. The third-order valence-electron chi connectivity index (χ3n) is 1.65. The lowest BCUT2D eigenvalue weighted by Crippen LogP contribution is -2.19. The molecule has 0 saturated heterocycles. The van der Waals surface area contributed by atoms with Gasteiger partial charge >= 0.3 is 0 Å².